The first-order valence-electron chi connectivity index (χ1n) is 14.0. The van der Waals surface area contributed by atoms with E-state index >= 15 is 0 Å². The summed E-state index contributed by atoms with van der Waals surface area (Å²) in [5.41, 5.74) is 14.9. The second-order valence-electron chi connectivity index (χ2n) is 10.2. The zero-order valence-corrected chi connectivity index (χ0v) is 24.5. The number of carbonyl (C=O) groups excluding carboxylic acids is 1. The van der Waals surface area contributed by atoms with Crippen LogP contribution in [0.2, 0.25) is 0 Å². The minimum atomic E-state index is -0.339. The summed E-state index contributed by atoms with van der Waals surface area (Å²) >= 11 is 0. The van der Waals surface area contributed by atoms with Crippen molar-refractivity contribution in [3.63, 3.8) is 0 Å². The molecule has 1 aromatic heterocycles. The van der Waals surface area contributed by atoms with Crippen LogP contribution in [0, 0.1) is 6.92 Å². The highest BCUT2D eigenvalue weighted by atomic mass is 16.1. The number of rotatable bonds is 14. The molecule has 5 N–H and O–H groups in total. The number of anilines is 2. The van der Waals surface area contributed by atoms with E-state index in [9.17, 15) is 4.79 Å². The van der Waals surface area contributed by atoms with Crippen molar-refractivity contribution in [3.8, 4) is 0 Å². The summed E-state index contributed by atoms with van der Waals surface area (Å²) in [6, 6.07) is 0.876. The van der Waals surface area contributed by atoms with Gasteiger partial charge in [-0.05, 0) is 59.2 Å². The van der Waals surface area contributed by atoms with Gasteiger partial charge >= 0.3 is 0 Å². The van der Waals surface area contributed by atoms with Gasteiger partial charge in [-0.25, -0.2) is 9.97 Å². The van der Waals surface area contributed by atoms with E-state index in [2.05, 4.69) is 89.4 Å². The molecule has 1 aromatic rings. The Morgan fingerprint density at radius 2 is 2.03 bits per heavy atom. The number of nitrogens with zero attached hydrogens (tertiary/aromatic N) is 5. The van der Waals surface area contributed by atoms with Crippen molar-refractivity contribution in [2.45, 2.75) is 66.5 Å². The largest absolute Gasteiger partial charge is 0.382 e. The van der Waals surface area contributed by atoms with Crippen LogP contribution < -0.4 is 21.7 Å². The van der Waals surface area contributed by atoms with Gasteiger partial charge in [-0.1, -0.05) is 44.2 Å². The zero-order valence-electron chi connectivity index (χ0n) is 24.5. The summed E-state index contributed by atoms with van der Waals surface area (Å²) in [7, 11) is 0. The highest BCUT2D eigenvalue weighted by Gasteiger charge is 2.31. The summed E-state index contributed by atoms with van der Waals surface area (Å²) in [5, 5.41) is 2.72. The van der Waals surface area contributed by atoms with E-state index in [0.29, 0.717) is 30.9 Å². The van der Waals surface area contributed by atoms with Gasteiger partial charge in [-0.3, -0.25) is 14.6 Å². The van der Waals surface area contributed by atoms with E-state index in [1.807, 2.05) is 6.92 Å². The number of aryl methyl sites for hydroxylation is 1. The highest BCUT2D eigenvalue weighted by molar-refractivity contribution is 5.96. The first-order valence-corrected chi connectivity index (χ1v) is 14.0. The number of allylic oxidation sites excluding steroid dienone is 3. The molecule has 2 unspecified atom stereocenters. The first-order chi connectivity index (χ1) is 18.1. The Bertz CT molecular complexity index is 989. The van der Waals surface area contributed by atoms with E-state index < -0.39 is 0 Å². The van der Waals surface area contributed by atoms with E-state index in [1.54, 1.807) is 0 Å². The molecule has 0 aromatic carbocycles. The van der Waals surface area contributed by atoms with Crippen LogP contribution in [-0.4, -0.2) is 90.1 Å². The van der Waals surface area contributed by atoms with Crippen LogP contribution in [0.25, 0.3) is 0 Å². The molecule has 9 nitrogen and oxygen atoms in total. The number of amides is 1. The Morgan fingerprint density at radius 1 is 1.29 bits per heavy atom. The van der Waals surface area contributed by atoms with Crippen molar-refractivity contribution in [1.82, 2.24) is 25.1 Å². The third-order valence-corrected chi connectivity index (χ3v) is 7.36. The molecule has 1 fully saturated rings. The Morgan fingerprint density at radius 3 is 2.66 bits per heavy atom. The zero-order chi connectivity index (χ0) is 28.2. The molecule has 9 heteroatoms. The van der Waals surface area contributed by atoms with Crippen molar-refractivity contribution in [2.24, 2.45) is 5.73 Å². The van der Waals surface area contributed by atoms with Crippen LogP contribution in [0.3, 0.4) is 0 Å². The average Bonchev–Trinajstić information content (AvgIpc) is 2.92. The number of hydrogen-bond donors (Lipinski definition) is 3. The quantitative estimate of drug-likeness (QED) is 0.317. The Kier molecular flexibility index (Phi) is 12.9. The molecule has 1 aliphatic rings. The van der Waals surface area contributed by atoms with Crippen LogP contribution >= 0.6 is 0 Å². The molecule has 2 atom stereocenters. The van der Waals surface area contributed by atoms with Gasteiger partial charge in [0.1, 0.15) is 0 Å². The molecular formula is C29H50N8O. The van der Waals surface area contributed by atoms with Gasteiger partial charge in [0, 0.05) is 51.4 Å². The van der Waals surface area contributed by atoms with Gasteiger partial charge in [-0.15, -0.1) is 0 Å². The lowest BCUT2D eigenvalue weighted by atomic mass is 10.0. The number of piperazine rings is 1. The van der Waals surface area contributed by atoms with E-state index in [1.165, 1.54) is 5.57 Å². The van der Waals surface area contributed by atoms with Gasteiger partial charge in [0.05, 0.1) is 5.69 Å². The lowest BCUT2D eigenvalue weighted by Gasteiger charge is -2.45. The fraction of sp³-hybridized carbons (Fsp3) is 0.621. The van der Waals surface area contributed by atoms with Crippen LogP contribution in [0.1, 0.15) is 63.6 Å². The first kappa shape index (κ1) is 31.5. The summed E-state index contributed by atoms with van der Waals surface area (Å²) in [6.07, 6.45) is 8.52. The molecule has 212 valence electrons. The van der Waals surface area contributed by atoms with Crippen LogP contribution in [0.5, 0.6) is 0 Å². The average molecular weight is 527 g/mol. The molecule has 0 radical (unpaired) electrons. The second-order valence-corrected chi connectivity index (χ2v) is 10.2. The molecule has 1 saturated heterocycles. The smallest absolute Gasteiger partial charge is 0.273 e. The number of nitrogens with one attached hydrogen (secondary N) is 1. The minimum Gasteiger partial charge on any atom is -0.382 e. The van der Waals surface area contributed by atoms with Crippen LogP contribution in [0.4, 0.5) is 11.6 Å². The van der Waals surface area contributed by atoms with Crippen LogP contribution in [0.15, 0.2) is 36.0 Å². The fourth-order valence-electron chi connectivity index (χ4n) is 4.83. The Balaban J connectivity index is 2.00. The number of likely N-dealkylation sites (N-methyl/N-ethyl adjacent to an activating group) is 1. The maximum absolute atomic E-state index is 12.4. The summed E-state index contributed by atoms with van der Waals surface area (Å²) < 4.78 is 0. The second kappa shape index (κ2) is 15.6. The maximum Gasteiger partial charge on any atom is 0.273 e. The monoisotopic (exact) mass is 526 g/mol. The molecular weight excluding hydrogens is 476 g/mol. The SMILES string of the molecule is C=C(/C=C\C(C)=C/C)CN(CC)CCC(C)N1CCN(c2nc(N)c(C(=O)NCCN)nc2C)CC1CC. The molecule has 1 aliphatic heterocycles. The van der Waals surface area contributed by atoms with E-state index in [-0.39, 0.29) is 17.4 Å². The Labute approximate surface area is 230 Å². The van der Waals surface area contributed by atoms with Gasteiger partial charge in [0.25, 0.3) is 5.91 Å². The highest BCUT2D eigenvalue weighted by Crippen LogP contribution is 2.25. The molecule has 0 saturated carbocycles. The maximum atomic E-state index is 12.4. The van der Waals surface area contributed by atoms with E-state index in [0.717, 1.165) is 63.5 Å². The lowest BCUT2D eigenvalue weighted by molar-refractivity contribution is 0.0950. The molecule has 0 bridgehead atoms. The summed E-state index contributed by atoms with van der Waals surface area (Å²) in [6.45, 7) is 23.4. The van der Waals surface area contributed by atoms with Gasteiger partial charge in [-0.2, -0.15) is 0 Å². The normalized spacial score (nSPS) is 17.8. The molecule has 2 heterocycles. The number of nitrogen functional groups attached to an aromatic ring is 1. The number of nitrogens with two attached hydrogens (primary N) is 2. The predicted molar refractivity (Wildman–Crippen MR) is 159 cm³/mol. The van der Waals surface area contributed by atoms with Crippen molar-refractivity contribution >= 4 is 17.5 Å². The third kappa shape index (κ3) is 8.92. The molecule has 1 amide bonds. The van der Waals surface area contributed by atoms with Gasteiger partial charge in [0.2, 0.25) is 0 Å². The molecule has 0 aliphatic carbocycles. The van der Waals surface area contributed by atoms with Gasteiger partial charge < -0.3 is 21.7 Å². The topological polar surface area (TPSA) is 117 Å². The molecule has 2 rings (SSSR count). The fourth-order valence-corrected chi connectivity index (χ4v) is 4.83. The van der Waals surface area contributed by atoms with Gasteiger partial charge in [0.15, 0.2) is 17.3 Å². The molecule has 0 spiro atoms. The minimum absolute atomic E-state index is 0.154. The van der Waals surface area contributed by atoms with Crippen molar-refractivity contribution in [2.75, 3.05) is 63.0 Å². The third-order valence-electron chi connectivity index (χ3n) is 7.36. The van der Waals surface area contributed by atoms with E-state index in [4.69, 9.17) is 11.5 Å². The molecule has 38 heavy (non-hydrogen) atoms. The standard InChI is InChI=1S/C29H50N8O/c1-8-21(4)11-12-22(5)19-35(10-3)16-13-23(6)37-18-17-36(20-25(37)9-2)28-24(7)33-26(27(31)34-28)29(38)32-15-14-30/h8,11-12,23,25H,5,9-10,13-20,30H2,1-4,6-7H3,(H2,31,34)(H,32,38)/b12-11-,21-8-. The number of hydrogen-bond acceptors (Lipinski definition) is 8. The number of aromatic nitrogens is 2. The van der Waals surface area contributed by atoms with Crippen molar-refractivity contribution < 1.29 is 4.79 Å². The lowest BCUT2D eigenvalue weighted by Crippen LogP contribution is -2.56. The Hall–Kier alpha value is -2.75. The predicted octanol–water partition coefficient (Wildman–Crippen LogP) is 3.14. The van der Waals surface area contributed by atoms with Crippen molar-refractivity contribution in [1.29, 1.82) is 0 Å². The van der Waals surface area contributed by atoms with Crippen molar-refractivity contribution in [3.05, 3.63) is 47.3 Å². The summed E-state index contributed by atoms with van der Waals surface area (Å²) in [4.78, 5) is 28.8. The number of carbonyl (C=O) groups is 1. The van der Waals surface area contributed by atoms with Crippen LogP contribution in [-0.2, 0) is 0 Å². The summed E-state index contributed by atoms with van der Waals surface area (Å²) in [5.74, 6) is 0.579.